The Bertz CT molecular complexity index is 1230. The number of aliphatic hydroxyl groups is 1. The number of benzene rings is 1. The molecule has 3 aromatic rings. The van der Waals surface area contributed by atoms with Gasteiger partial charge in [-0.2, -0.15) is 4.31 Å². The quantitative estimate of drug-likeness (QED) is 0.520. The first-order valence-corrected chi connectivity index (χ1v) is 12.8. The fraction of sp³-hybridized carbons (Fsp3) is 0.417. The Morgan fingerprint density at radius 2 is 1.77 bits per heavy atom. The monoisotopic (exact) mass is 498 g/mol. The molecule has 4 rings (SSSR count). The number of nitrogens with zero attached hydrogens (tertiary/aromatic N) is 6. The van der Waals surface area contributed by atoms with Gasteiger partial charge in [-0.25, -0.2) is 28.4 Å². The molecule has 0 aliphatic carbocycles. The van der Waals surface area contributed by atoms with Gasteiger partial charge in [0, 0.05) is 67.5 Å². The van der Waals surface area contributed by atoms with Gasteiger partial charge in [0.15, 0.2) is 0 Å². The molecule has 186 valence electrons. The van der Waals surface area contributed by atoms with Crippen LogP contribution >= 0.6 is 0 Å². The summed E-state index contributed by atoms with van der Waals surface area (Å²) >= 11 is 0. The summed E-state index contributed by atoms with van der Waals surface area (Å²) in [4.78, 5) is 18.5. The first kappa shape index (κ1) is 25.1. The Kier molecular flexibility index (Phi) is 7.70. The van der Waals surface area contributed by atoms with Crippen LogP contribution < -0.4 is 4.74 Å². The maximum Gasteiger partial charge on any atom is 0.247 e. The van der Waals surface area contributed by atoms with Crippen LogP contribution in [0.2, 0.25) is 0 Å². The van der Waals surface area contributed by atoms with E-state index < -0.39 is 16.1 Å². The topological polar surface area (TPSA) is 122 Å². The zero-order valence-electron chi connectivity index (χ0n) is 20.0. The molecule has 0 bridgehead atoms. The highest BCUT2D eigenvalue weighted by molar-refractivity contribution is 7.89. The summed E-state index contributed by atoms with van der Waals surface area (Å²) in [6, 6.07) is 4.43. The minimum Gasteiger partial charge on any atom is -0.487 e. The summed E-state index contributed by atoms with van der Waals surface area (Å²) in [6.07, 6.45) is 9.50. The van der Waals surface area contributed by atoms with E-state index in [0.717, 1.165) is 16.7 Å². The minimum absolute atomic E-state index is 0.0782. The fourth-order valence-electron chi connectivity index (χ4n) is 4.17. The second-order valence-electron chi connectivity index (χ2n) is 8.97. The molecule has 1 N–H and O–H groups in total. The van der Waals surface area contributed by atoms with E-state index in [2.05, 4.69) is 24.8 Å². The number of aromatic nitrogens is 4. The largest absolute Gasteiger partial charge is 0.487 e. The van der Waals surface area contributed by atoms with E-state index in [4.69, 9.17) is 4.74 Å². The Labute approximate surface area is 205 Å². The van der Waals surface area contributed by atoms with Crippen LogP contribution in [0.3, 0.4) is 0 Å². The molecule has 2 aromatic heterocycles. The van der Waals surface area contributed by atoms with Crippen molar-refractivity contribution in [3.05, 3.63) is 61.2 Å². The third-order valence-electron chi connectivity index (χ3n) is 6.12. The van der Waals surface area contributed by atoms with Gasteiger partial charge in [-0.15, -0.1) is 0 Å². The van der Waals surface area contributed by atoms with Crippen molar-refractivity contribution in [2.75, 3.05) is 26.7 Å². The van der Waals surface area contributed by atoms with Gasteiger partial charge in [-0.05, 0) is 31.7 Å². The van der Waals surface area contributed by atoms with E-state index in [1.807, 2.05) is 14.0 Å². The maximum atomic E-state index is 13.6. The van der Waals surface area contributed by atoms with Crippen molar-refractivity contribution in [2.45, 2.75) is 37.4 Å². The van der Waals surface area contributed by atoms with E-state index in [9.17, 15) is 13.5 Å². The number of hydrogen-bond acceptors (Lipinski definition) is 9. The third kappa shape index (κ3) is 5.64. The fourth-order valence-corrected chi connectivity index (χ4v) is 5.99. The molecular weight excluding hydrogens is 468 g/mol. The van der Waals surface area contributed by atoms with E-state index in [-0.39, 0.29) is 35.8 Å². The number of ether oxygens (including phenoxy) is 1. The molecular formula is C24H30N6O4S. The summed E-state index contributed by atoms with van der Waals surface area (Å²) < 4.78 is 35.1. The van der Waals surface area contributed by atoms with Crippen LogP contribution in [-0.4, -0.2) is 81.6 Å². The SMILES string of the molecule is C[C@@H]1CN([C@@H](C)CO)S(=O)(=O)c2ccc(-c3cncnc3)cc2O[C@H]1CN(C)Cc1cncnc1. The van der Waals surface area contributed by atoms with Crippen LogP contribution in [0.25, 0.3) is 11.1 Å². The Balaban J connectivity index is 1.72. The molecule has 11 heteroatoms. The second-order valence-corrected chi connectivity index (χ2v) is 10.8. The molecule has 10 nitrogen and oxygen atoms in total. The molecule has 0 amide bonds. The van der Waals surface area contributed by atoms with Gasteiger partial charge in [-0.1, -0.05) is 13.0 Å². The molecule has 1 aliphatic heterocycles. The third-order valence-corrected chi connectivity index (χ3v) is 8.14. The number of sulfonamides is 1. The van der Waals surface area contributed by atoms with Crippen LogP contribution in [0.1, 0.15) is 19.4 Å². The number of rotatable bonds is 7. The Morgan fingerprint density at radius 1 is 1.11 bits per heavy atom. The highest BCUT2D eigenvalue weighted by Gasteiger charge is 2.38. The summed E-state index contributed by atoms with van der Waals surface area (Å²) in [5.74, 6) is 0.125. The van der Waals surface area contributed by atoms with Crippen molar-refractivity contribution in [1.29, 1.82) is 0 Å². The van der Waals surface area contributed by atoms with Crippen LogP contribution in [-0.2, 0) is 16.6 Å². The molecule has 3 atom stereocenters. The van der Waals surface area contributed by atoms with Crippen molar-refractivity contribution in [1.82, 2.24) is 29.1 Å². The van der Waals surface area contributed by atoms with Crippen molar-refractivity contribution >= 4 is 10.0 Å². The molecule has 0 unspecified atom stereocenters. The van der Waals surface area contributed by atoms with Crippen molar-refractivity contribution < 1.29 is 18.3 Å². The first-order valence-electron chi connectivity index (χ1n) is 11.4. The lowest BCUT2D eigenvalue weighted by molar-refractivity contribution is 0.0733. The standard InChI is InChI=1S/C24H30N6O4S/c1-17-11-30(18(2)14-31)35(32,33)24-5-4-20(21-9-27-16-28-10-21)6-22(24)34-23(17)13-29(3)12-19-7-25-15-26-8-19/h4-10,15-18,23,31H,11-14H2,1-3H3/t17-,18+,23+/m1/s1. The summed E-state index contributed by atoms with van der Waals surface area (Å²) in [6.45, 7) is 4.80. The van der Waals surface area contributed by atoms with Crippen LogP contribution in [0.15, 0.2) is 60.5 Å². The molecule has 3 heterocycles. The molecule has 35 heavy (non-hydrogen) atoms. The predicted octanol–water partition coefficient (Wildman–Crippen LogP) is 1.83. The lowest BCUT2D eigenvalue weighted by atomic mass is 10.0. The average Bonchev–Trinajstić information content (AvgIpc) is 2.86. The lowest BCUT2D eigenvalue weighted by Crippen LogP contribution is -2.49. The van der Waals surface area contributed by atoms with Crippen LogP contribution in [0.4, 0.5) is 0 Å². The Hall–Kier alpha value is -2.99. The normalized spacial score (nSPS) is 20.9. The lowest BCUT2D eigenvalue weighted by Gasteiger charge is -2.37. The molecule has 0 radical (unpaired) electrons. The molecule has 0 saturated carbocycles. The summed E-state index contributed by atoms with van der Waals surface area (Å²) in [5, 5.41) is 9.81. The highest BCUT2D eigenvalue weighted by atomic mass is 32.2. The highest BCUT2D eigenvalue weighted by Crippen LogP contribution is 2.36. The van der Waals surface area contributed by atoms with Crippen LogP contribution in [0.5, 0.6) is 5.75 Å². The van der Waals surface area contributed by atoms with Gasteiger partial charge in [0.2, 0.25) is 10.0 Å². The van der Waals surface area contributed by atoms with Crippen molar-refractivity contribution in [2.24, 2.45) is 5.92 Å². The molecule has 0 fully saturated rings. The van der Waals surface area contributed by atoms with E-state index >= 15 is 0 Å². The number of fused-ring (bicyclic) bond motifs is 1. The molecule has 0 saturated heterocycles. The smallest absolute Gasteiger partial charge is 0.247 e. The van der Waals surface area contributed by atoms with Gasteiger partial charge >= 0.3 is 0 Å². The van der Waals surface area contributed by atoms with Crippen molar-refractivity contribution in [3.63, 3.8) is 0 Å². The zero-order valence-corrected chi connectivity index (χ0v) is 20.8. The second kappa shape index (κ2) is 10.7. The summed E-state index contributed by atoms with van der Waals surface area (Å²) in [5.41, 5.74) is 2.48. The van der Waals surface area contributed by atoms with Crippen LogP contribution in [0, 0.1) is 5.92 Å². The maximum absolute atomic E-state index is 13.6. The van der Waals surface area contributed by atoms with Crippen molar-refractivity contribution in [3.8, 4) is 16.9 Å². The Morgan fingerprint density at radius 3 is 2.43 bits per heavy atom. The van der Waals surface area contributed by atoms with E-state index in [1.165, 1.54) is 17.0 Å². The van der Waals surface area contributed by atoms with E-state index in [0.29, 0.717) is 13.1 Å². The van der Waals surface area contributed by atoms with Gasteiger partial charge in [-0.3, -0.25) is 4.90 Å². The molecule has 0 spiro atoms. The average molecular weight is 499 g/mol. The van der Waals surface area contributed by atoms with Gasteiger partial charge in [0.1, 0.15) is 29.4 Å². The van der Waals surface area contributed by atoms with E-state index in [1.54, 1.807) is 49.9 Å². The van der Waals surface area contributed by atoms with Gasteiger partial charge in [0.05, 0.1) is 6.61 Å². The number of aliphatic hydroxyl groups excluding tert-OH is 1. The zero-order chi connectivity index (χ0) is 25.0. The number of hydrogen-bond donors (Lipinski definition) is 1. The number of likely N-dealkylation sites (N-methyl/N-ethyl adjacent to an activating group) is 1. The predicted molar refractivity (Wildman–Crippen MR) is 130 cm³/mol. The first-order chi connectivity index (χ1) is 16.8. The molecule has 1 aliphatic rings. The van der Waals surface area contributed by atoms with Gasteiger partial charge < -0.3 is 9.84 Å². The summed E-state index contributed by atoms with van der Waals surface area (Å²) in [7, 11) is -1.92. The van der Waals surface area contributed by atoms with Gasteiger partial charge in [0.25, 0.3) is 0 Å². The molecule has 1 aromatic carbocycles. The minimum atomic E-state index is -3.90.